The van der Waals surface area contributed by atoms with E-state index >= 15 is 0 Å². The van der Waals surface area contributed by atoms with Crippen molar-refractivity contribution in [1.29, 1.82) is 0 Å². The third-order valence-electron chi connectivity index (χ3n) is 5.80. The van der Waals surface area contributed by atoms with Gasteiger partial charge in [-0.3, -0.25) is 14.2 Å². The molecule has 1 fully saturated rings. The number of nitrogens with one attached hydrogen (secondary N) is 1. The summed E-state index contributed by atoms with van der Waals surface area (Å²) in [7, 11) is 3.18. The van der Waals surface area contributed by atoms with E-state index in [1.807, 2.05) is 18.2 Å². The normalized spacial score (nSPS) is 16.1. The molecular formula is C23H29N5O4S. The summed E-state index contributed by atoms with van der Waals surface area (Å²) in [4.78, 5) is 36.5. The van der Waals surface area contributed by atoms with Gasteiger partial charge in [-0.15, -0.1) is 0 Å². The first-order valence-corrected chi connectivity index (χ1v) is 11.9. The number of hydrogen-bond acceptors (Lipinski definition) is 8. The van der Waals surface area contributed by atoms with E-state index in [4.69, 9.17) is 9.47 Å². The van der Waals surface area contributed by atoms with Crippen LogP contribution in [0.1, 0.15) is 25.3 Å². The molecule has 1 aliphatic rings. The molecule has 3 aromatic rings. The fraction of sp³-hybridized carbons (Fsp3) is 0.478. The number of aromatic nitrogens is 3. The van der Waals surface area contributed by atoms with Crippen LogP contribution in [-0.4, -0.2) is 54.3 Å². The highest BCUT2D eigenvalue weighted by Crippen LogP contribution is 2.29. The molecule has 1 N–H and O–H groups in total. The van der Waals surface area contributed by atoms with Gasteiger partial charge in [0.1, 0.15) is 17.6 Å². The maximum atomic E-state index is 12.9. The molecule has 1 unspecified atom stereocenters. The number of methoxy groups -OCH3 is 2. The molecule has 1 atom stereocenters. The molecule has 9 nitrogen and oxygen atoms in total. The zero-order valence-corrected chi connectivity index (χ0v) is 20.0. The molecule has 10 heteroatoms. The highest BCUT2D eigenvalue weighted by Gasteiger charge is 2.21. The number of carbonyl (C=O) groups excluding carboxylic acids is 1. The van der Waals surface area contributed by atoms with Crippen LogP contribution in [0.25, 0.3) is 10.3 Å². The summed E-state index contributed by atoms with van der Waals surface area (Å²) in [5.41, 5.74) is 1.23. The predicted molar refractivity (Wildman–Crippen MR) is 129 cm³/mol. The van der Waals surface area contributed by atoms with Crippen LogP contribution in [0, 0.1) is 5.92 Å². The van der Waals surface area contributed by atoms with Crippen LogP contribution in [0.3, 0.4) is 0 Å². The molecule has 1 amide bonds. The van der Waals surface area contributed by atoms with Gasteiger partial charge in [0, 0.05) is 19.6 Å². The summed E-state index contributed by atoms with van der Waals surface area (Å²) >= 11 is 1.36. The van der Waals surface area contributed by atoms with E-state index in [0.717, 1.165) is 30.2 Å². The van der Waals surface area contributed by atoms with Crippen LogP contribution in [0.5, 0.6) is 11.5 Å². The lowest BCUT2D eigenvalue weighted by Gasteiger charge is -2.30. The summed E-state index contributed by atoms with van der Waals surface area (Å²) in [6, 6.07) is 5.66. The Hall–Kier alpha value is -3.14. The Bertz CT molecular complexity index is 1190. The van der Waals surface area contributed by atoms with E-state index in [9.17, 15) is 9.59 Å². The molecule has 1 saturated heterocycles. The maximum absolute atomic E-state index is 12.9. The minimum absolute atomic E-state index is 0.0817. The van der Waals surface area contributed by atoms with Crippen LogP contribution in [-0.2, 0) is 17.8 Å². The molecule has 0 spiro atoms. The summed E-state index contributed by atoms with van der Waals surface area (Å²) < 4.78 is 12.4. The van der Waals surface area contributed by atoms with Crippen molar-refractivity contribution in [1.82, 2.24) is 19.9 Å². The Balaban J connectivity index is 1.37. The van der Waals surface area contributed by atoms with Crippen molar-refractivity contribution in [2.45, 2.75) is 32.7 Å². The number of nitrogens with zero attached hydrogens (tertiary/aromatic N) is 4. The molecule has 1 aliphatic heterocycles. The largest absolute Gasteiger partial charge is 0.493 e. The highest BCUT2D eigenvalue weighted by atomic mass is 32.1. The fourth-order valence-electron chi connectivity index (χ4n) is 4.04. The number of thiazole rings is 1. The van der Waals surface area contributed by atoms with Crippen LogP contribution < -0.4 is 25.2 Å². The highest BCUT2D eigenvalue weighted by molar-refractivity contribution is 7.22. The SMILES string of the molecule is COc1ccc(CCNC(=O)Cn2cnc3nc(N4CCCC(C)C4)sc3c2=O)cc1OC. The number of piperidine rings is 1. The lowest BCUT2D eigenvalue weighted by atomic mass is 10.0. The van der Waals surface area contributed by atoms with Crippen molar-refractivity contribution >= 4 is 32.7 Å². The first-order chi connectivity index (χ1) is 16.0. The number of ether oxygens (including phenoxy) is 2. The van der Waals surface area contributed by atoms with Gasteiger partial charge in [0.25, 0.3) is 5.56 Å². The number of amides is 1. The molecule has 1 aromatic carbocycles. The first kappa shape index (κ1) is 23.0. The van der Waals surface area contributed by atoms with Crippen LogP contribution >= 0.6 is 11.3 Å². The number of hydrogen-bond donors (Lipinski definition) is 1. The molecular weight excluding hydrogens is 442 g/mol. The van der Waals surface area contributed by atoms with Crippen molar-refractivity contribution in [2.75, 3.05) is 38.8 Å². The molecule has 0 saturated carbocycles. The molecule has 33 heavy (non-hydrogen) atoms. The zero-order valence-electron chi connectivity index (χ0n) is 19.2. The molecule has 2 aromatic heterocycles. The average molecular weight is 472 g/mol. The van der Waals surface area contributed by atoms with E-state index in [1.54, 1.807) is 14.2 Å². The summed E-state index contributed by atoms with van der Waals surface area (Å²) in [6.07, 6.45) is 4.37. The Morgan fingerprint density at radius 1 is 1.27 bits per heavy atom. The second-order valence-electron chi connectivity index (χ2n) is 8.31. The molecule has 0 bridgehead atoms. The third-order valence-corrected chi connectivity index (χ3v) is 6.89. The smallest absolute Gasteiger partial charge is 0.273 e. The zero-order chi connectivity index (χ0) is 23.4. The van der Waals surface area contributed by atoms with Gasteiger partial charge in [-0.05, 0) is 42.9 Å². The second-order valence-corrected chi connectivity index (χ2v) is 9.29. The van der Waals surface area contributed by atoms with E-state index < -0.39 is 0 Å². The molecule has 4 rings (SSSR count). The molecule has 0 aliphatic carbocycles. The summed E-state index contributed by atoms with van der Waals surface area (Å²) in [5.74, 6) is 1.68. The van der Waals surface area contributed by atoms with E-state index in [1.165, 1.54) is 28.7 Å². The average Bonchev–Trinajstić information content (AvgIpc) is 3.26. The molecule has 0 radical (unpaired) electrons. The Morgan fingerprint density at radius 3 is 2.85 bits per heavy atom. The van der Waals surface area contributed by atoms with E-state index in [2.05, 4.69) is 27.1 Å². The van der Waals surface area contributed by atoms with Gasteiger partial charge in [0.2, 0.25) is 5.91 Å². The number of anilines is 1. The maximum Gasteiger partial charge on any atom is 0.273 e. The van der Waals surface area contributed by atoms with Crippen molar-refractivity contribution in [2.24, 2.45) is 5.92 Å². The first-order valence-electron chi connectivity index (χ1n) is 11.1. The van der Waals surface area contributed by atoms with Gasteiger partial charge in [0.15, 0.2) is 22.3 Å². The van der Waals surface area contributed by atoms with Gasteiger partial charge in [-0.25, -0.2) is 4.98 Å². The topological polar surface area (TPSA) is 98.6 Å². The van der Waals surface area contributed by atoms with Gasteiger partial charge in [-0.2, -0.15) is 4.98 Å². The Kier molecular flexibility index (Phi) is 7.12. The van der Waals surface area contributed by atoms with Crippen LogP contribution in [0.4, 0.5) is 5.13 Å². The Labute approximate surface area is 196 Å². The van der Waals surface area contributed by atoms with Gasteiger partial charge in [-0.1, -0.05) is 24.3 Å². The summed E-state index contributed by atoms with van der Waals surface area (Å²) in [5, 5.41) is 3.70. The van der Waals surface area contributed by atoms with Crippen molar-refractivity contribution in [3.8, 4) is 11.5 Å². The van der Waals surface area contributed by atoms with Gasteiger partial charge < -0.3 is 19.7 Å². The van der Waals surface area contributed by atoms with E-state index in [0.29, 0.717) is 40.7 Å². The molecule has 176 valence electrons. The summed E-state index contributed by atoms with van der Waals surface area (Å²) in [6.45, 7) is 4.48. The number of carbonyl (C=O) groups is 1. The quantitative estimate of drug-likeness (QED) is 0.539. The van der Waals surface area contributed by atoms with Gasteiger partial charge >= 0.3 is 0 Å². The molecule has 3 heterocycles. The van der Waals surface area contributed by atoms with Crippen molar-refractivity contribution in [3.05, 3.63) is 40.4 Å². The third kappa shape index (κ3) is 5.27. The monoisotopic (exact) mass is 471 g/mol. The predicted octanol–water partition coefficient (Wildman–Crippen LogP) is 2.47. The van der Waals surface area contributed by atoms with Gasteiger partial charge in [0.05, 0.1) is 14.2 Å². The van der Waals surface area contributed by atoms with Crippen LogP contribution in [0.15, 0.2) is 29.3 Å². The number of rotatable bonds is 8. The minimum atomic E-state index is -0.242. The van der Waals surface area contributed by atoms with Crippen molar-refractivity contribution < 1.29 is 14.3 Å². The second kappa shape index (κ2) is 10.2. The fourth-order valence-corrected chi connectivity index (χ4v) is 5.04. The number of fused-ring (bicyclic) bond motifs is 1. The lowest BCUT2D eigenvalue weighted by molar-refractivity contribution is -0.121. The van der Waals surface area contributed by atoms with E-state index in [-0.39, 0.29) is 18.0 Å². The number of benzene rings is 1. The van der Waals surface area contributed by atoms with Crippen LogP contribution in [0.2, 0.25) is 0 Å². The lowest BCUT2D eigenvalue weighted by Crippen LogP contribution is -2.34. The Morgan fingerprint density at radius 2 is 2.09 bits per heavy atom. The minimum Gasteiger partial charge on any atom is -0.493 e. The standard InChI is InChI=1S/C23H29N5O4S/c1-15-5-4-10-27(12-15)23-26-21-20(33-23)22(30)28(14-25-21)13-19(29)24-9-8-16-6-7-17(31-2)18(11-16)32-3/h6-7,11,14-15H,4-5,8-10,12-13H2,1-3H3,(H,24,29). The van der Waals surface area contributed by atoms with Crippen molar-refractivity contribution in [3.63, 3.8) is 0 Å².